The number of nitrogens with zero attached hydrogens (tertiary/aromatic N) is 6. The molecule has 2 aromatic carbocycles. The number of hydrogen-bond acceptors (Lipinski definition) is 9. The van der Waals surface area contributed by atoms with Gasteiger partial charge in [-0.1, -0.05) is 81.4 Å². The Morgan fingerprint density at radius 3 is 2.27 bits per heavy atom. The zero-order valence-electron chi connectivity index (χ0n) is 25.8. The lowest BCUT2D eigenvalue weighted by molar-refractivity contribution is -0.0838. The maximum atomic E-state index is 12.9. The molecule has 0 amide bonds. The summed E-state index contributed by atoms with van der Waals surface area (Å²) in [7, 11) is 2.05. The summed E-state index contributed by atoms with van der Waals surface area (Å²) in [4.78, 5) is 36.6. The number of H-pyrrole nitrogens is 1. The van der Waals surface area contributed by atoms with E-state index < -0.39 is 43.9 Å². The Labute approximate surface area is 257 Å². The molecule has 5 atom stereocenters. The van der Waals surface area contributed by atoms with E-state index in [1.165, 1.54) is 19.8 Å². The number of rotatable bonds is 10. The number of imidazole rings is 1. The van der Waals surface area contributed by atoms with Gasteiger partial charge in [-0.25, -0.2) is 9.98 Å². The molecule has 13 heteroatoms. The second-order valence-electron chi connectivity index (χ2n) is 12.0. The molecule has 2 N–H and O–H groups in total. The third-order valence-corrected chi connectivity index (χ3v) is 14.3. The van der Waals surface area contributed by atoms with Crippen LogP contribution >= 0.6 is 0 Å². The normalized spacial score (nSPS) is 21.5. The summed E-state index contributed by atoms with van der Waals surface area (Å²) in [6.45, 7) is 10.2. The molecule has 12 nitrogen and oxygen atoms in total. The van der Waals surface area contributed by atoms with E-state index in [0.29, 0.717) is 0 Å². The largest absolute Gasteiger partial charge is 0.393 e. The average molecular weight is 618 g/mol. The Kier molecular flexibility index (Phi) is 8.84. The number of benzene rings is 2. The van der Waals surface area contributed by atoms with Crippen LogP contribution in [0.15, 0.2) is 81.9 Å². The first-order valence-electron chi connectivity index (χ1n) is 14.3. The predicted molar refractivity (Wildman–Crippen MR) is 173 cm³/mol. The molecule has 4 aromatic rings. The van der Waals surface area contributed by atoms with Gasteiger partial charge in [0.1, 0.15) is 18.3 Å². The fourth-order valence-corrected chi connectivity index (χ4v) is 12.4. The van der Waals surface area contributed by atoms with Crippen molar-refractivity contribution in [2.45, 2.75) is 56.1 Å². The van der Waals surface area contributed by atoms with Gasteiger partial charge in [-0.3, -0.25) is 14.3 Å². The van der Waals surface area contributed by atoms with Gasteiger partial charge in [0.25, 0.3) is 5.56 Å². The monoisotopic (exact) mass is 617 g/mol. The van der Waals surface area contributed by atoms with Gasteiger partial charge in [0, 0.05) is 27.9 Å². The minimum Gasteiger partial charge on any atom is -0.393 e. The summed E-state index contributed by atoms with van der Waals surface area (Å²) >= 11 is 0. The first-order valence-corrected chi connectivity index (χ1v) is 16.4. The van der Waals surface area contributed by atoms with Crippen LogP contribution in [0.1, 0.15) is 27.0 Å². The minimum atomic E-state index is -3.07. The number of aliphatic hydroxyl groups is 1. The summed E-state index contributed by atoms with van der Waals surface area (Å²) in [5.74, 6) is 0.103. The molecule has 0 saturated carbocycles. The van der Waals surface area contributed by atoms with E-state index in [9.17, 15) is 9.90 Å². The van der Waals surface area contributed by atoms with E-state index in [4.69, 9.17) is 14.3 Å². The number of aromatic amines is 1. The molecule has 232 valence electrons. The quantitative estimate of drug-likeness (QED) is 0.120. The molecule has 0 radical (unpaired) electrons. The van der Waals surface area contributed by atoms with Crippen molar-refractivity contribution in [1.82, 2.24) is 24.4 Å². The molecule has 2 aromatic heterocycles. The second-order valence-corrected chi connectivity index (χ2v) is 16.9. The number of methoxy groups -OCH3 is 1. The Hall–Kier alpha value is -4.17. The third-order valence-electron chi connectivity index (χ3n) is 8.18. The molecule has 0 spiro atoms. The highest BCUT2D eigenvalue weighted by molar-refractivity contribution is 7.05. The molecule has 3 heterocycles. The van der Waals surface area contributed by atoms with Crippen LogP contribution in [0.25, 0.3) is 11.2 Å². The molecule has 1 aliphatic rings. The van der Waals surface area contributed by atoms with Crippen molar-refractivity contribution >= 4 is 48.6 Å². The maximum Gasteiger partial charge on any atom is 0.280 e. The van der Waals surface area contributed by atoms with Crippen molar-refractivity contribution in [3.8, 4) is 0 Å². The third kappa shape index (κ3) is 5.36. The summed E-state index contributed by atoms with van der Waals surface area (Å²) in [5.41, 5.74) is -0.844. The smallest absolute Gasteiger partial charge is 0.280 e. The summed E-state index contributed by atoms with van der Waals surface area (Å²) in [6, 6.07) is 20.4. The highest BCUT2D eigenvalue weighted by atomic mass is 28.3. The van der Waals surface area contributed by atoms with Crippen molar-refractivity contribution < 1.29 is 19.4 Å². The Morgan fingerprint density at radius 1 is 1.14 bits per heavy atom. The lowest BCUT2D eigenvalue weighted by Crippen LogP contribution is -2.75. The van der Waals surface area contributed by atoms with Crippen molar-refractivity contribution in [3.05, 3.63) is 77.3 Å². The fraction of sp³-hybridized carbons (Fsp3) is 0.387. The molecular formula is C31H39N7O5Si. The molecule has 44 heavy (non-hydrogen) atoms. The van der Waals surface area contributed by atoms with E-state index in [1.54, 1.807) is 9.47 Å². The number of aliphatic hydroxyl groups excluding tert-OH is 1. The van der Waals surface area contributed by atoms with Crippen LogP contribution in [0.4, 0.5) is 5.95 Å². The Morgan fingerprint density at radius 2 is 1.75 bits per heavy atom. The highest BCUT2D eigenvalue weighted by Crippen LogP contribution is 2.44. The van der Waals surface area contributed by atoms with E-state index in [2.05, 4.69) is 76.9 Å². The molecule has 0 aliphatic carbocycles. The summed E-state index contributed by atoms with van der Waals surface area (Å²) in [5, 5.41) is 17.7. The lowest BCUT2D eigenvalue weighted by Gasteiger charge is -2.49. The van der Waals surface area contributed by atoms with Crippen molar-refractivity contribution in [1.29, 1.82) is 0 Å². The molecular weight excluding hydrogens is 578 g/mol. The first-order chi connectivity index (χ1) is 21.0. The van der Waals surface area contributed by atoms with Gasteiger partial charge in [0.2, 0.25) is 5.95 Å². The van der Waals surface area contributed by atoms with Crippen LogP contribution in [0, 0.1) is 0 Å². The van der Waals surface area contributed by atoms with E-state index in [1.807, 2.05) is 50.5 Å². The highest BCUT2D eigenvalue weighted by Gasteiger charge is 2.62. The first kappa shape index (κ1) is 31.3. The molecule has 0 bridgehead atoms. The van der Waals surface area contributed by atoms with Gasteiger partial charge in [0.15, 0.2) is 31.2 Å². The van der Waals surface area contributed by atoms with Crippen LogP contribution in [-0.2, 0) is 14.3 Å². The van der Waals surface area contributed by atoms with E-state index in [-0.39, 0.29) is 22.2 Å². The molecule has 1 unspecified atom stereocenters. The lowest BCUT2D eigenvalue weighted by atomic mass is 10.1. The molecule has 5 rings (SSSR count). The van der Waals surface area contributed by atoms with Gasteiger partial charge in [0.05, 0.1) is 12.7 Å². The number of oxime groups is 1. The van der Waals surface area contributed by atoms with Gasteiger partial charge >= 0.3 is 0 Å². The Bertz CT molecular complexity index is 1630. The number of aromatic nitrogens is 4. The van der Waals surface area contributed by atoms with Gasteiger partial charge in [-0.15, -0.1) is 5.16 Å². The SMILES string of the molecule is C=NOC([C@H]1O[C@@H](n2cnc3c(=O)[nH]c(N=CN(C)C)nc32)[C@H](OC)[C@@H]1O)[Si](c1ccccc1)(c1ccccc1)C(C)(C)C. The van der Waals surface area contributed by atoms with Crippen molar-refractivity contribution in [2.75, 3.05) is 21.2 Å². The number of hydrogen-bond donors (Lipinski definition) is 2. The summed E-state index contributed by atoms with van der Waals surface area (Å²) < 4.78 is 14.2. The summed E-state index contributed by atoms with van der Waals surface area (Å²) in [6.07, 6.45) is -0.831. The average Bonchev–Trinajstić information content (AvgIpc) is 3.57. The Balaban J connectivity index is 1.68. The van der Waals surface area contributed by atoms with E-state index in [0.717, 1.165) is 10.4 Å². The number of aliphatic imine (C=N–C) groups is 1. The van der Waals surface area contributed by atoms with Crippen LogP contribution < -0.4 is 15.9 Å². The number of ether oxygens (including phenoxy) is 2. The van der Waals surface area contributed by atoms with Crippen molar-refractivity contribution in [2.24, 2.45) is 10.1 Å². The zero-order chi connectivity index (χ0) is 31.6. The molecule has 1 aliphatic heterocycles. The molecule has 1 saturated heterocycles. The van der Waals surface area contributed by atoms with Gasteiger partial charge in [-0.05, 0) is 15.4 Å². The topological polar surface area (TPSA) is 139 Å². The standard InChI is InChI=1S/C31H39N7O5Si/c1-31(2,3)44(20-14-10-8-11-15-20,21-16-12-9-13-17-21)29(43-32-4)25-23(39)24(41-7)28(42-25)38-19-33-22-26(38)35-30(36-27(22)40)34-18-37(5)6/h8-19,23-25,28-29,39H,4H2,1-3,5-7H3,(H,35,36,40)/t23-,24+,25-,28+,29?/m0/s1. The van der Waals surface area contributed by atoms with Crippen LogP contribution in [0.5, 0.6) is 0 Å². The van der Waals surface area contributed by atoms with Crippen LogP contribution in [-0.4, -0.2) is 95.9 Å². The molecule has 1 fully saturated rings. The van der Waals surface area contributed by atoms with Gasteiger partial charge < -0.3 is 24.3 Å². The maximum absolute atomic E-state index is 12.9. The van der Waals surface area contributed by atoms with Crippen LogP contribution in [0.3, 0.4) is 0 Å². The predicted octanol–water partition coefficient (Wildman–Crippen LogP) is 2.22. The zero-order valence-corrected chi connectivity index (χ0v) is 26.8. The number of fused-ring (bicyclic) bond motifs is 1. The minimum absolute atomic E-state index is 0.103. The second kappa shape index (κ2) is 12.4. The van der Waals surface area contributed by atoms with Crippen LogP contribution in [0.2, 0.25) is 5.04 Å². The van der Waals surface area contributed by atoms with E-state index >= 15 is 0 Å². The fourth-order valence-electron chi connectivity index (χ4n) is 6.39. The van der Waals surface area contributed by atoms with Gasteiger partial charge in [-0.2, -0.15) is 4.98 Å². The number of nitrogens with one attached hydrogen (secondary N) is 1. The van der Waals surface area contributed by atoms with Crippen molar-refractivity contribution in [3.63, 3.8) is 0 Å².